The van der Waals surface area contributed by atoms with Crippen LogP contribution in [0.1, 0.15) is 238 Å². The van der Waals surface area contributed by atoms with E-state index in [1.807, 2.05) is 48.5 Å². The number of hydrogen-bond donors (Lipinski definition) is 0. The lowest BCUT2D eigenvalue weighted by Crippen LogP contribution is -2.45. The van der Waals surface area contributed by atoms with Crippen LogP contribution in [0.25, 0.3) is 43.1 Å². The van der Waals surface area contributed by atoms with Crippen LogP contribution in [-0.4, -0.2) is 46.5 Å². The molecule has 5 aromatic rings. The zero-order valence-electron chi connectivity index (χ0n) is 48.1. The summed E-state index contributed by atoms with van der Waals surface area (Å²) < 4.78 is 0. The average molecular weight is 965 g/mol. The molecule has 5 aromatic carbocycles. The Morgan fingerprint density at radius 2 is 0.704 bits per heavy atom. The third kappa shape index (κ3) is 8.93. The largest absolute Gasteiger partial charge is 0.274 e. The van der Waals surface area contributed by atoms with Crippen molar-refractivity contribution in [2.24, 2.45) is 55.2 Å². The average Bonchev–Trinajstić information content (AvgIpc) is 3.26. The van der Waals surface area contributed by atoms with E-state index in [4.69, 9.17) is 0 Å². The second-order valence-corrected chi connectivity index (χ2v) is 28.2. The number of fused-ring (bicyclic) bond motifs is 2. The summed E-state index contributed by atoms with van der Waals surface area (Å²) in [7, 11) is 0. The van der Waals surface area contributed by atoms with E-state index in [9.17, 15) is 19.2 Å². The third-order valence-electron chi connectivity index (χ3n) is 21.1. The maximum atomic E-state index is 14.6. The van der Waals surface area contributed by atoms with Gasteiger partial charge in [0, 0.05) is 46.1 Å². The van der Waals surface area contributed by atoms with Crippen molar-refractivity contribution in [2.45, 2.75) is 196 Å². The molecule has 4 amide bonds. The second-order valence-electron chi connectivity index (χ2n) is 28.2. The summed E-state index contributed by atoms with van der Waals surface area (Å²) in [5.74, 6) is -0.340. The molecule has 0 saturated carbocycles. The Hall–Kier alpha value is -4.32. The zero-order valence-corrected chi connectivity index (χ0v) is 48.1. The van der Waals surface area contributed by atoms with Crippen LogP contribution >= 0.6 is 0 Å². The number of benzene rings is 5. The zero-order chi connectivity index (χ0) is 53.0. The van der Waals surface area contributed by atoms with Crippen LogP contribution in [0.4, 0.5) is 0 Å². The summed E-state index contributed by atoms with van der Waals surface area (Å²) in [5, 5.41) is 6.82. The molecule has 2 heterocycles. The molecule has 0 saturated heterocycles. The van der Waals surface area contributed by atoms with Crippen LogP contribution in [0, 0.1) is 55.2 Å². The van der Waals surface area contributed by atoms with Gasteiger partial charge in [0.15, 0.2) is 0 Å². The Balaban J connectivity index is 1.14. The molecule has 0 N–H and O–H groups in total. The topological polar surface area (TPSA) is 74.8 Å². The minimum absolute atomic E-state index is 0.0831. The van der Waals surface area contributed by atoms with Gasteiger partial charge in [0.2, 0.25) is 0 Å². The second kappa shape index (κ2) is 18.3. The Labute approximate surface area is 429 Å². The van der Waals surface area contributed by atoms with Gasteiger partial charge in [-0.25, -0.2) is 0 Å². The fourth-order valence-corrected chi connectivity index (χ4v) is 13.9. The monoisotopic (exact) mass is 965 g/mol. The summed E-state index contributed by atoms with van der Waals surface area (Å²) in [4.78, 5) is 61.2. The number of hydrogen-bond acceptors (Lipinski definition) is 4. The Morgan fingerprint density at radius 1 is 0.394 bits per heavy atom. The highest BCUT2D eigenvalue weighted by molar-refractivity contribution is 6.41. The number of carbonyl (C=O) groups excluding carboxylic acids is 4. The van der Waals surface area contributed by atoms with Crippen molar-refractivity contribution in [3.63, 3.8) is 0 Å². The van der Waals surface area contributed by atoms with Crippen molar-refractivity contribution < 1.29 is 19.2 Å². The maximum absolute atomic E-state index is 14.6. The number of nitrogens with zero attached hydrogens (tertiary/aromatic N) is 2. The van der Waals surface area contributed by atoms with Crippen molar-refractivity contribution >= 4 is 66.7 Å². The molecule has 0 fully saturated rings. The van der Waals surface area contributed by atoms with E-state index in [0.717, 1.165) is 90.1 Å². The molecule has 71 heavy (non-hydrogen) atoms. The molecule has 3 atom stereocenters. The van der Waals surface area contributed by atoms with Crippen LogP contribution in [0.5, 0.6) is 0 Å². The van der Waals surface area contributed by atoms with Crippen molar-refractivity contribution in [3.8, 4) is 0 Å². The minimum Gasteiger partial charge on any atom is -0.274 e. The molecule has 7 rings (SSSR count). The number of rotatable bonds is 19. The van der Waals surface area contributed by atoms with Crippen LogP contribution < -0.4 is 0 Å². The van der Waals surface area contributed by atoms with Gasteiger partial charge in [0.1, 0.15) is 0 Å². The summed E-state index contributed by atoms with van der Waals surface area (Å²) in [6.45, 7) is 48.3. The van der Waals surface area contributed by atoms with Gasteiger partial charge in [-0.15, -0.1) is 0 Å². The van der Waals surface area contributed by atoms with E-state index in [1.54, 1.807) is 0 Å². The van der Waals surface area contributed by atoms with E-state index in [2.05, 4.69) is 138 Å². The molecule has 0 bridgehead atoms. The molecule has 2 aliphatic heterocycles. The molecule has 0 spiro atoms. The van der Waals surface area contributed by atoms with Crippen molar-refractivity contribution in [3.05, 3.63) is 70.8 Å². The standard InChI is InChI=1S/C65H92N2O4/c1-21-64(20,62(16,17)38-60(12,13)58(6,7)8)36-40(4)32-34-66-54(68)46-28-24-42-44-26-30-48-53-49(31-27-45(51(44)53)43-25-29-47(55(66)69)52(46)50(42)43)57(71)67(56(48)70)35-33-41(5)37-65(22-2,23-3)63(18,19)39-61(14,15)59(9,10)11/h24-31,40-41H,21-23,32-39H2,1-20H3. The predicted octanol–water partition coefficient (Wildman–Crippen LogP) is 18.0. The molecule has 0 radical (unpaired) electrons. The Morgan fingerprint density at radius 3 is 1.00 bits per heavy atom. The van der Waals surface area contributed by atoms with E-state index < -0.39 is 0 Å². The van der Waals surface area contributed by atoms with E-state index >= 15 is 0 Å². The first-order chi connectivity index (χ1) is 32.6. The first kappa shape index (κ1) is 54.5. The highest BCUT2D eigenvalue weighted by Crippen LogP contribution is 2.59. The van der Waals surface area contributed by atoms with Crippen LogP contribution in [0.2, 0.25) is 0 Å². The first-order valence-electron chi connectivity index (χ1n) is 27.6. The molecule has 6 nitrogen and oxygen atoms in total. The number of amides is 4. The lowest BCUT2D eigenvalue weighted by molar-refractivity contribution is -0.0354. The Kier molecular flexibility index (Phi) is 14.0. The lowest BCUT2D eigenvalue weighted by Gasteiger charge is -2.53. The van der Waals surface area contributed by atoms with Crippen LogP contribution in [0.15, 0.2) is 48.5 Å². The molecule has 6 heteroatoms. The van der Waals surface area contributed by atoms with Gasteiger partial charge >= 0.3 is 0 Å². The van der Waals surface area contributed by atoms with E-state index in [1.165, 1.54) is 9.80 Å². The highest BCUT2D eigenvalue weighted by atomic mass is 16.2. The molecular weight excluding hydrogens is 873 g/mol. The quantitative estimate of drug-likeness (QED) is 0.0469. The minimum atomic E-state index is -0.242. The van der Waals surface area contributed by atoms with Gasteiger partial charge in [0.05, 0.1) is 0 Å². The van der Waals surface area contributed by atoms with Gasteiger partial charge in [-0.2, -0.15) is 0 Å². The Bertz CT molecular complexity index is 2770. The first-order valence-corrected chi connectivity index (χ1v) is 27.6. The number of imide groups is 2. The van der Waals surface area contributed by atoms with Gasteiger partial charge in [-0.05, 0) is 163 Å². The van der Waals surface area contributed by atoms with Gasteiger partial charge in [-0.3, -0.25) is 29.0 Å². The summed E-state index contributed by atoms with van der Waals surface area (Å²) in [6, 6.07) is 15.6. The van der Waals surface area contributed by atoms with Gasteiger partial charge < -0.3 is 0 Å². The smallest absolute Gasteiger partial charge is 0.261 e. The summed E-state index contributed by atoms with van der Waals surface area (Å²) in [6.07, 6.45) is 9.00. The third-order valence-corrected chi connectivity index (χ3v) is 21.1. The molecular formula is C65H92N2O4. The molecule has 3 unspecified atom stereocenters. The highest BCUT2D eigenvalue weighted by Gasteiger charge is 2.49. The van der Waals surface area contributed by atoms with Crippen molar-refractivity contribution in [1.82, 2.24) is 9.80 Å². The molecule has 0 aromatic heterocycles. The number of carbonyl (C=O) groups is 4. The molecule has 2 aliphatic rings. The SMILES string of the molecule is CCC(C)(CC(C)CCN1C(=O)c2ccc3c4ccc5c6c(ccc(c7ccc(c2c37)C1=O)c64)C(=O)N(CCC(C)CC(CC)(CC)C(C)(C)CC(C)(C)C(C)(C)C)C5=O)C(C)(C)CC(C)(C)C(C)(C)C. The normalized spacial score (nSPS) is 17.4. The lowest BCUT2D eigenvalue weighted by atomic mass is 9.52. The van der Waals surface area contributed by atoms with Gasteiger partial charge in [-0.1, -0.05) is 169 Å². The van der Waals surface area contributed by atoms with E-state index in [-0.39, 0.29) is 66.9 Å². The fraction of sp³-hybridized carbons (Fsp3) is 0.631. The predicted molar refractivity (Wildman–Crippen MR) is 300 cm³/mol. The van der Waals surface area contributed by atoms with Crippen molar-refractivity contribution in [2.75, 3.05) is 13.1 Å². The van der Waals surface area contributed by atoms with Crippen LogP contribution in [0.3, 0.4) is 0 Å². The summed E-state index contributed by atoms with van der Waals surface area (Å²) in [5.41, 5.74) is 3.26. The summed E-state index contributed by atoms with van der Waals surface area (Å²) >= 11 is 0. The molecule has 386 valence electrons. The maximum Gasteiger partial charge on any atom is 0.261 e. The van der Waals surface area contributed by atoms with Gasteiger partial charge in [0.25, 0.3) is 23.6 Å². The van der Waals surface area contributed by atoms with E-state index in [0.29, 0.717) is 58.0 Å². The molecule has 0 aliphatic carbocycles. The van der Waals surface area contributed by atoms with Crippen molar-refractivity contribution in [1.29, 1.82) is 0 Å². The van der Waals surface area contributed by atoms with Crippen LogP contribution in [-0.2, 0) is 0 Å². The fourth-order valence-electron chi connectivity index (χ4n) is 13.9.